The molecular weight excluding hydrogens is 348 g/mol. The Morgan fingerprint density at radius 2 is 0.857 bits per heavy atom. The number of anilines is 2. The first-order chi connectivity index (χ1) is 13.7. The van der Waals surface area contributed by atoms with E-state index in [0.717, 1.165) is 12.8 Å². The number of fused-ring (bicyclic) bond motifs is 4. The highest BCUT2D eigenvalue weighted by Crippen LogP contribution is 2.28. The molecule has 0 aliphatic carbocycles. The molecule has 0 amide bonds. The Kier molecular flexibility index (Phi) is 7.89. The minimum absolute atomic E-state index is 0.553. The van der Waals surface area contributed by atoms with Crippen LogP contribution in [0.15, 0.2) is 36.4 Å². The van der Waals surface area contributed by atoms with Gasteiger partial charge in [-0.2, -0.15) is 0 Å². The normalized spacial score (nSPS) is 17.1. The zero-order valence-electron chi connectivity index (χ0n) is 16.9. The molecule has 0 atom stereocenters. The topological polar surface area (TPSA) is 70.5 Å². The summed E-state index contributed by atoms with van der Waals surface area (Å²) < 4.78 is 0. The van der Waals surface area contributed by atoms with Gasteiger partial charge in [-0.25, -0.2) is 0 Å². The van der Waals surface area contributed by atoms with E-state index in [0.29, 0.717) is 22.9 Å². The van der Waals surface area contributed by atoms with Crippen LogP contribution in [-0.4, -0.2) is 0 Å². The van der Waals surface area contributed by atoms with Crippen LogP contribution < -0.4 is 21.2 Å². The molecule has 0 aromatic heterocycles. The van der Waals surface area contributed by atoms with Crippen molar-refractivity contribution in [3.8, 4) is 11.5 Å². The number of rotatable bonds is 0. The zero-order valence-corrected chi connectivity index (χ0v) is 16.9. The molecule has 2 aromatic rings. The molecule has 28 heavy (non-hydrogen) atoms. The maximum atomic E-state index is 6.07. The van der Waals surface area contributed by atoms with E-state index >= 15 is 0 Å². The minimum atomic E-state index is 0.553. The molecule has 4 bridgehead atoms. The van der Waals surface area contributed by atoms with Gasteiger partial charge in [-0.3, -0.25) is 9.78 Å². The monoisotopic (exact) mass is 382 g/mol. The number of hydrogen-bond donors (Lipinski definition) is 2. The number of hydrogen-bond acceptors (Lipinski definition) is 4. The van der Waals surface area contributed by atoms with Crippen LogP contribution >= 0.6 is 0 Å². The molecule has 4 heteroatoms. The van der Waals surface area contributed by atoms with Crippen molar-refractivity contribution < 1.29 is 9.78 Å². The van der Waals surface area contributed by atoms with Crippen molar-refractivity contribution in [3.63, 3.8) is 0 Å². The molecule has 0 saturated carbocycles. The van der Waals surface area contributed by atoms with E-state index in [2.05, 4.69) is 12.1 Å². The van der Waals surface area contributed by atoms with E-state index in [9.17, 15) is 0 Å². The van der Waals surface area contributed by atoms with Crippen molar-refractivity contribution in [3.05, 3.63) is 47.5 Å². The van der Waals surface area contributed by atoms with Crippen molar-refractivity contribution in [2.75, 3.05) is 11.5 Å². The Morgan fingerprint density at radius 3 is 1.25 bits per heavy atom. The number of nitrogens with two attached hydrogens (primary N) is 2. The third-order valence-electron chi connectivity index (χ3n) is 5.56. The highest BCUT2D eigenvalue weighted by Gasteiger charge is 2.09. The first kappa shape index (κ1) is 20.4. The molecule has 4 N–H and O–H groups in total. The summed E-state index contributed by atoms with van der Waals surface area (Å²) in [5, 5.41) is 0. The Balaban J connectivity index is 1.70. The van der Waals surface area contributed by atoms with Gasteiger partial charge in [0.2, 0.25) is 11.5 Å². The number of aryl methyl sites for hydroxylation is 2. The lowest BCUT2D eigenvalue weighted by Crippen LogP contribution is -2.06. The van der Waals surface area contributed by atoms with Gasteiger partial charge in [0.15, 0.2) is 0 Å². The highest BCUT2D eigenvalue weighted by atomic mass is 17.2. The van der Waals surface area contributed by atoms with Crippen molar-refractivity contribution >= 4 is 11.4 Å². The Morgan fingerprint density at radius 1 is 0.500 bits per heavy atom. The smallest absolute Gasteiger partial charge is 0.201 e. The molecule has 1 aliphatic rings. The molecule has 0 spiro atoms. The minimum Gasteiger partial charge on any atom is -0.396 e. The van der Waals surface area contributed by atoms with Crippen LogP contribution in [0.25, 0.3) is 0 Å². The van der Waals surface area contributed by atoms with Gasteiger partial charge in [0, 0.05) is 0 Å². The van der Waals surface area contributed by atoms with E-state index in [4.69, 9.17) is 21.2 Å². The lowest BCUT2D eigenvalue weighted by atomic mass is 10.0. The molecule has 0 fully saturated rings. The van der Waals surface area contributed by atoms with Crippen molar-refractivity contribution in [1.82, 2.24) is 0 Å². The van der Waals surface area contributed by atoms with Gasteiger partial charge in [0.25, 0.3) is 0 Å². The molecule has 4 nitrogen and oxygen atoms in total. The van der Waals surface area contributed by atoms with Gasteiger partial charge < -0.3 is 11.5 Å². The summed E-state index contributed by atoms with van der Waals surface area (Å²) in [5.41, 5.74) is 15.7. The Hall–Kier alpha value is -2.36. The SMILES string of the molecule is Nc1ccc2cc1OOc1cc(ccc1N)CCCCCCCCCCCC2. The zero-order chi connectivity index (χ0) is 19.6. The highest BCUT2D eigenvalue weighted by molar-refractivity contribution is 5.55. The Labute approximate surface area is 169 Å². The average molecular weight is 383 g/mol. The van der Waals surface area contributed by atoms with E-state index in [1.807, 2.05) is 24.3 Å². The second kappa shape index (κ2) is 10.8. The van der Waals surface area contributed by atoms with Gasteiger partial charge in [-0.1, -0.05) is 63.5 Å². The predicted molar refractivity (Wildman–Crippen MR) is 117 cm³/mol. The largest absolute Gasteiger partial charge is 0.396 e. The van der Waals surface area contributed by atoms with Crippen molar-refractivity contribution in [1.29, 1.82) is 0 Å². The lowest BCUT2D eigenvalue weighted by molar-refractivity contribution is -0.0984. The van der Waals surface area contributed by atoms with E-state index in [1.165, 1.54) is 75.3 Å². The van der Waals surface area contributed by atoms with Crippen LogP contribution in [0.1, 0.15) is 75.3 Å². The quantitative estimate of drug-likeness (QED) is 0.419. The van der Waals surface area contributed by atoms with Crippen LogP contribution in [-0.2, 0) is 12.8 Å². The predicted octanol–water partition coefficient (Wildman–Crippen LogP) is 6.22. The van der Waals surface area contributed by atoms with Gasteiger partial charge in [-0.05, 0) is 61.1 Å². The first-order valence-electron chi connectivity index (χ1n) is 10.8. The third-order valence-corrected chi connectivity index (χ3v) is 5.56. The fourth-order valence-electron chi connectivity index (χ4n) is 3.78. The van der Waals surface area contributed by atoms with Crippen molar-refractivity contribution in [2.24, 2.45) is 0 Å². The maximum Gasteiger partial charge on any atom is 0.201 e. The molecular formula is C24H34N2O2. The van der Waals surface area contributed by atoms with Crippen LogP contribution in [0.3, 0.4) is 0 Å². The van der Waals surface area contributed by atoms with Gasteiger partial charge in [-0.15, -0.1) is 0 Å². The second-order valence-corrected chi connectivity index (χ2v) is 7.95. The second-order valence-electron chi connectivity index (χ2n) is 7.95. The molecule has 2 aromatic carbocycles. The average Bonchev–Trinajstić information content (AvgIpc) is 2.70. The van der Waals surface area contributed by atoms with Gasteiger partial charge in [0.05, 0.1) is 11.4 Å². The molecule has 1 aliphatic heterocycles. The standard InChI is InChI=1S/C24H34N2O2/c25-21-15-13-19-11-9-7-5-3-1-2-4-6-8-10-12-20-14-16-22(26)24(18-20)28-27-23(21)17-19/h13-18H,1-12,25-26H2. The molecule has 1 heterocycles. The molecule has 0 radical (unpaired) electrons. The van der Waals surface area contributed by atoms with E-state index in [1.54, 1.807) is 0 Å². The van der Waals surface area contributed by atoms with Crippen LogP contribution in [0.2, 0.25) is 0 Å². The first-order valence-corrected chi connectivity index (χ1v) is 10.8. The number of nitrogen functional groups attached to an aromatic ring is 2. The van der Waals surface area contributed by atoms with E-state index in [-0.39, 0.29) is 0 Å². The van der Waals surface area contributed by atoms with Crippen LogP contribution in [0.5, 0.6) is 11.5 Å². The number of benzene rings is 2. The summed E-state index contributed by atoms with van der Waals surface area (Å²) >= 11 is 0. The summed E-state index contributed by atoms with van der Waals surface area (Å²) in [5.74, 6) is 1.11. The maximum absolute atomic E-state index is 6.07. The Bertz CT molecular complexity index is 682. The summed E-state index contributed by atoms with van der Waals surface area (Å²) in [6.45, 7) is 0. The van der Waals surface area contributed by atoms with Gasteiger partial charge >= 0.3 is 0 Å². The van der Waals surface area contributed by atoms with Crippen molar-refractivity contribution in [2.45, 2.75) is 77.0 Å². The van der Waals surface area contributed by atoms with Crippen LogP contribution in [0.4, 0.5) is 11.4 Å². The third kappa shape index (κ3) is 6.36. The van der Waals surface area contributed by atoms with Gasteiger partial charge in [0.1, 0.15) is 0 Å². The lowest BCUT2D eigenvalue weighted by Gasteiger charge is -2.12. The van der Waals surface area contributed by atoms with Crippen LogP contribution in [0, 0.1) is 0 Å². The molecule has 152 valence electrons. The van der Waals surface area contributed by atoms with E-state index < -0.39 is 0 Å². The summed E-state index contributed by atoms with van der Waals surface area (Å²) in [7, 11) is 0. The summed E-state index contributed by atoms with van der Waals surface area (Å²) in [6.07, 6.45) is 15.1. The molecule has 0 unspecified atom stereocenters. The summed E-state index contributed by atoms with van der Waals surface area (Å²) in [4.78, 5) is 11.1. The molecule has 0 saturated heterocycles. The summed E-state index contributed by atoms with van der Waals surface area (Å²) in [6, 6.07) is 11.9. The fourth-order valence-corrected chi connectivity index (χ4v) is 3.78. The molecule has 3 rings (SSSR count). The fraction of sp³-hybridized carbons (Fsp3) is 0.500.